The molecule has 0 saturated carbocycles. The van der Waals surface area contributed by atoms with Crippen molar-refractivity contribution >= 4 is 15.9 Å². The van der Waals surface area contributed by atoms with Gasteiger partial charge in [0, 0.05) is 35.1 Å². The number of nitrogens with zero attached hydrogens (tertiary/aromatic N) is 1. The van der Waals surface area contributed by atoms with Gasteiger partial charge in [-0.05, 0) is 49.7 Å². The van der Waals surface area contributed by atoms with Gasteiger partial charge >= 0.3 is 0 Å². The molecule has 2 aliphatic heterocycles. The Balaban J connectivity index is 1.39. The Kier molecular flexibility index (Phi) is 6.52. The molecular formula is C22H28BrN3O2. The summed E-state index contributed by atoms with van der Waals surface area (Å²) < 4.78 is 6.96. The van der Waals surface area contributed by atoms with Crippen LogP contribution in [0, 0.1) is 0 Å². The number of likely N-dealkylation sites (tertiary alicyclic amines) is 1. The number of phenolic OH excluding ortho intramolecular Hbond substituents is 1. The standard InChI is InChI=1S/C22H28BrN3O2/c23-17-6-4-16(5-7-17)20-15-24-25-22(20)19-9-8-18(14-21(19)27)28-13-12-26-10-2-1-3-11-26/h4-9,14,20,22,24-25,27H,1-3,10-13,15H2. The summed E-state index contributed by atoms with van der Waals surface area (Å²) in [5.74, 6) is 1.26. The number of hydrogen-bond donors (Lipinski definition) is 3. The molecule has 0 aromatic heterocycles. The number of rotatable bonds is 6. The molecule has 5 nitrogen and oxygen atoms in total. The highest BCUT2D eigenvalue weighted by molar-refractivity contribution is 9.10. The Labute approximate surface area is 175 Å². The molecule has 2 heterocycles. The number of nitrogens with one attached hydrogen (secondary N) is 2. The van der Waals surface area contributed by atoms with Crippen molar-refractivity contribution in [3.05, 3.63) is 58.1 Å². The lowest BCUT2D eigenvalue weighted by atomic mass is 9.88. The van der Waals surface area contributed by atoms with E-state index in [0.29, 0.717) is 6.61 Å². The van der Waals surface area contributed by atoms with Gasteiger partial charge in [-0.15, -0.1) is 0 Å². The van der Waals surface area contributed by atoms with Crippen LogP contribution in [0.2, 0.25) is 0 Å². The van der Waals surface area contributed by atoms with Gasteiger partial charge in [-0.3, -0.25) is 10.3 Å². The van der Waals surface area contributed by atoms with Crippen LogP contribution in [0.4, 0.5) is 0 Å². The van der Waals surface area contributed by atoms with E-state index in [2.05, 4.69) is 55.9 Å². The van der Waals surface area contributed by atoms with E-state index in [1.807, 2.05) is 12.1 Å². The molecule has 0 aliphatic carbocycles. The number of phenols is 1. The highest BCUT2D eigenvalue weighted by atomic mass is 79.9. The Morgan fingerprint density at radius 3 is 2.61 bits per heavy atom. The van der Waals surface area contributed by atoms with Crippen molar-refractivity contribution in [1.82, 2.24) is 15.8 Å². The van der Waals surface area contributed by atoms with Crippen LogP contribution in [0.1, 0.15) is 42.3 Å². The van der Waals surface area contributed by atoms with Gasteiger partial charge < -0.3 is 9.84 Å². The van der Waals surface area contributed by atoms with E-state index in [9.17, 15) is 5.11 Å². The number of piperidine rings is 1. The number of halogens is 1. The number of aromatic hydroxyl groups is 1. The molecule has 2 atom stereocenters. The molecule has 6 heteroatoms. The van der Waals surface area contributed by atoms with Gasteiger partial charge in [-0.2, -0.15) is 0 Å². The minimum Gasteiger partial charge on any atom is -0.507 e. The van der Waals surface area contributed by atoms with Gasteiger partial charge in [-0.1, -0.05) is 40.5 Å². The van der Waals surface area contributed by atoms with E-state index in [0.717, 1.165) is 28.9 Å². The van der Waals surface area contributed by atoms with Gasteiger partial charge in [0.1, 0.15) is 18.1 Å². The molecular weight excluding hydrogens is 418 g/mol. The summed E-state index contributed by atoms with van der Waals surface area (Å²) in [4.78, 5) is 2.45. The summed E-state index contributed by atoms with van der Waals surface area (Å²) in [7, 11) is 0. The Morgan fingerprint density at radius 2 is 1.86 bits per heavy atom. The van der Waals surface area contributed by atoms with Gasteiger partial charge in [0.15, 0.2) is 0 Å². The molecule has 150 valence electrons. The van der Waals surface area contributed by atoms with Crippen LogP contribution in [-0.4, -0.2) is 42.8 Å². The fourth-order valence-corrected chi connectivity index (χ4v) is 4.43. The molecule has 2 fully saturated rings. The van der Waals surface area contributed by atoms with Crippen molar-refractivity contribution in [2.75, 3.05) is 32.8 Å². The lowest BCUT2D eigenvalue weighted by molar-refractivity contribution is 0.183. The zero-order chi connectivity index (χ0) is 19.3. The number of hydrogen-bond acceptors (Lipinski definition) is 5. The number of benzene rings is 2. The van der Waals surface area contributed by atoms with Crippen LogP contribution in [0.15, 0.2) is 46.9 Å². The number of ether oxygens (including phenoxy) is 1. The first-order valence-corrected chi connectivity index (χ1v) is 10.9. The molecule has 0 amide bonds. The van der Waals surface area contributed by atoms with Gasteiger partial charge in [0.05, 0.1) is 6.04 Å². The van der Waals surface area contributed by atoms with Gasteiger partial charge in [0.25, 0.3) is 0 Å². The van der Waals surface area contributed by atoms with Gasteiger partial charge in [0.2, 0.25) is 0 Å². The normalized spacial score (nSPS) is 23.0. The Bertz CT molecular complexity index is 778. The van der Waals surface area contributed by atoms with E-state index < -0.39 is 0 Å². The first-order valence-electron chi connectivity index (χ1n) is 10.1. The van der Waals surface area contributed by atoms with Crippen molar-refractivity contribution in [2.45, 2.75) is 31.2 Å². The van der Waals surface area contributed by atoms with Crippen molar-refractivity contribution in [3.63, 3.8) is 0 Å². The van der Waals surface area contributed by atoms with Crippen LogP contribution in [0.5, 0.6) is 11.5 Å². The van der Waals surface area contributed by atoms with Crippen LogP contribution < -0.4 is 15.6 Å². The van der Waals surface area contributed by atoms with Crippen LogP contribution in [0.3, 0.4) is 0 Å². The van der Waals surface area contributed by atoms with E-state index >= 15 is 0 Å². The molecule has 2 unspecified atom stereocenters. The summed E-state index contributed by atoms with van der Waals surface area (Å²) in [6.07, 6.45) is 3.92. The van der Waals surface area contributed by atoms with Gasteiger partial charge in [-0.25, -0.2) is 5.43 Å². The summed E-state index contributed by atoms with van der Waals surface area (Å²) in [5, 5.41) is 10.6. The molecule has 2 aromatic rings. The molecule has 0 spiro atoms. The summed E-state index contributed by atoms with van der Waals surface area (Å²) in [6.45, 7) is 4.77. The average Bonchev–Trinajstić information content (AvgIpc) is 3.19. The zero-order valence-electron chi connectivity index (χ0n) is 16.0. The quantitative estimate of drug-likeness (QED) is 0.628. The molecule has 2 saturated heterocycles. The van der Waals surface area contributed by atoms with Crippen LogP contribution in [-0.2, 0) is 0 Å². The van der Waals surface area contributed by atoms with Crippen molar-refractivity contribution in [2.24, 2.45) is 0 Å². The molecule has 2 aromatic carbocycles. The summed E-state index contributed by atoms with van der Waals surface area (Å²) in [6, 6.07) is 14.1. The third-order valence-corrected chi connectivity index (χ3v) is 6.27. The summed E-state index contributed by atoms with van der Waals surface area (Å²) in [5.41, 5.74) is 8.68. The second-order valence-corrected chi connectivity index (χ2v) is 8.55. The second kappa shape index (κ2) is 9.27. The topological polar surface area (TPSA) is 56.8 Å². The van der Waals surface area contributed by atoms with E-state index in [1.54, 1.807) is 6.07 Å². The first-order chi connectivity index (χ1) is 13.7. The maximum atomic E-state index is 10.6. The molecule has 2 aliphatic rings. The zero-order valence-corrected chi connectivity index (χ0v) is 17.6. The van der Waals surface area contributed by atoms with E-state index in [1.165, 1.54) is 37.9 Å². The first kappa shape index (κ1) is 19.7. The van der Waals surface area contributed by atoms with Crippen molar-refractivity contribution < 1.29 is 9.84 Å². The predicted octanol–water partition coefficient (Wildman–Crippen LogP) is 3.95. The van der Waals surface area contributed by atoms with Crippen LogP contribution in [0.25, 0.3) is 0 Å². The Morgan fingerprint density at radius 1 is 1.07 bits per heavy atom. The lowest BCUT2D eigenvalue weighted by Crippen LogP contribution is -2.33. The molecule has 4 rings (SSSR count). The van der Waals surface area contributed by atoms with E-state index in [-0.39, 0.29) is 17.7 Å². The predicted molar refractivity (Wildman–Crippen MR) is 115 cm³/mol. The largest absolute Gasteiger partial charge is 0.507 e. The van der Waals surface area contributed by atoms with Crippen LogP contribution >= 0.6 is 15.9 Å². The maximum Gasteiger partial charge on any atom is 0.124 e. The minimum absolute atomic E-state index is 0.0172. The third kappa shape index (κ3) is 4.69. The minimum atomic E-state index is 0.0172. The SMILES string of the molecule is Oc1cc(OCCN2CCCCC2)ccc1C1NNCC1c1ccc(Br)cc1. The summed E-state index contributed by atoms with van der Waals surface area (Å²) >= 11 is 3.49. The fraction of sp³-hybridized carbons (Fsp3) is 0.455. The fourth-order valence-electron chi connectivity index (χ4n) is 4.16. The number of hydrazine groups is 1. The smallest absolute Gasteiger partial charge is 0.124 e. The van der Waals surface area contributed by atoms with Crippen molar-refractivity contribution in [1.29, 1.82) is 0 Å². The lowest BCUT2D eigenvalue weighted by Gasteiger charge is -2.26. The highest BCUT2D eigenvalue weighted by Crippen LogP contribution is 2.38. The highest BCUT2D eigenvalue weighted by Gasteiger charge is 2.31. The van der Waals surface area contributed by atoms with Crippen molar-refractivity contribution in [3.8, 4) is 11.5 Å². The monoisotopic (exact) mass is 445 g/mol. The third-order valence-electron chi connectivity index (χ3n) is 5.74. The molecule has 0 radical (unpaired) electrons. The maximum absolute atomic E-state index is 10.6. The van der Waals surface area contributed by atoms with E-state index in [4.69, 9.17) is 4.74 Å². The average molecular weight is 446 g/mol. The molecule has 3 N–H and O–H groups in total. The molecule has 0 bridgehead atoms. The second-order valence-electron chi connectivity index (χ2n) is 7.63. The molecule has 28 heavy (non-hydrogen) atoms. The Hall–Kier alpha value is -1.60.